The summed E-state index contributed by atoms with van der Waals surface area (Å²) in [7, 11) is 6.50. The first kappa shape index (κ1) is 34.4. The molecule has 0 bridgehead atoms. The van der Waals surface area contributed by atoms with Gasteiger partial charge < -0.3 is 52.6 Å². The zero-order chi connectivity index (χ0) is 32.4. The van der Waals surface area contributed by atoms with Gasteiger partial charge in [-0.25, -0.2) is 4.98 Å². The number of aromatic nitrogens is 1. The molecule has 1 saturated carbocycles. The van der Waals surface area contributed by atoms with Crippen LogP contribution in [0.2, 0.25) is 0 Å². The van der Waals surface area contributed by atoms with E-state index in [1.165, 1.54) is 30.7 Å². The molecule has 3 rings (SSSR count). The number of nitrogens with one attached hydrogen (secondary N) is 4. The highest BCUT2D eigenvalue weighted by Gasteiger charge is 2.30. The first-order valence-electron chi connectivity index (χ1n) is 14.1. The number of nitrogens with zero attached hydrogens (tertiary/aromatic N) is 2. The molecule has 0 spiro atoms. The van der Waals surface area contributed by atoms with Crippen LogP contribution in [-0.2, 0) is 9.59 Å². The number of ether oxygens (including phenoxy) is 1. The van der Waals surface area contributed by atoms with E-state index < -0.39 is 17.4 Å². The van der Waals surface area contributed by atoms with Gasteiger partial charge in [-0.1, -0.05) is 19.9 Å². The van der Waals surface area contributed by atoms with Gasteiger partial charge in [-0.2, -0.15) is 0 Å². The van der Waals surface area contributed by atoms with Gasteiger partial charge >= 0.3 is 0 Å². The second-order valence-electron chi connectivity index (χ2n) is 10.0. The molecule has 0 atom stereocenters. The summed E-state index contributed by atoms with van der Waals surface area (Å²) in [4.78, 5) is 44.7. The van der Waals surface area contributed by atoms with Crippen LogP contribution in [0.3, 0.4) is 0 Å². The molecule has 14 nitrogen and oxygen atoms in total. The number of methoxy groups -OCH3 is 1. The lowest BCUT2D eigenvalue weighted by atomic mass is 10.0. The minimum absolute atomic E-state index is 0.111. The number of nitrogens with two attached hydrogens (primary N) is 2. The number of carbonyl (C=O) groups excluding carboxylic acids is 3. The van der Waals surface area contributed by atoms with Gasteiger partial charge in [0.05, 0.1) is 30.3 Å². The molecule has 236 valence electrons. The lowest BCUT2D eigenvalue weighted by molar-refractivity contribution is -0.142. The van der Waals surface area contributed by atoms with Gasteiger partial charge in [-0.05, 0) is 51.0 Å². The van der Waals surface area contributed by atoms with Gasteiger partial charge in [0.15, 0.2) is 19.4 Å². The van der Waals surface area contributed by atoms with Gasteiger partial charge in [0, 0.05) is 18.5 Å². The predicted molar refractivity (Wildman–Crippen MR) is 168 cm³/mol. The molecule has 1 aromatic heterocycles. The third kappa shape index (κ3) is 9.97. The third-order valence-corrected chi connectivity index (χ3v) is 7.66. The molecule has 0 aliphatic heterocycles. The quantitative estimate of drug-likeness (QED) is 0.0410. The molecule has 2 radical (unpaired) electrons. The number of amides is 3. The highest BCUT2D eigenvalue weighted by atomic mass is 32.1. The number of aliphatic hydroxyl groups is 2. The number of rotatable bonds is 16. The van der Waals surface area contributed by atoms with Crippen LogP contribution in [0.25, 0.3) is 10.6 Å². The van der Waals surface area contributed by atoms with E-state index in [1.807, 2.05) is 0 Å². The second kappa shape index (κ2) is 15.6. The standard InChI is InChI=1S/C28H39BN8O6S/c1-4-37(5-2)13-7-12-32-25(39)20-15-33-27(44-20)17-8-6-9-18(23(17)43-3)34-19(22(31)26(40)36-28(29,41)42)14-21(30)35-24(38)16-10-11-16/h6,8-9,14-16,34,41-42H,4-5,7,10-13,30-31H2,1-3H3,(H,32,39)(H,35,38)(H,36,40)/b21-14+,22-19+. The Morgan fingerprint density at radius 1 is 1.23 bits per heavy atom. The van der Waals surface area contributed by atoms with Crippen molar-refractivity contribution in [2.75, 3.05) is 38.6 Å². The van der Waals surface area contributed by atoms with Crippen LogP contribution in [-0.4, -0.2) is 84.8 Å². The van der Waals surface area contributed by atoms with Crippen molar-refractivity contribution in [2.24, 2.45) is 17.4 Å². The van der Waals surface area contributed by atoms with Crippen molar-refractivity contribution < 1.29 is 29.3 Å². The molecule has 1 aliphatic rings. The van der Waals surface area contributed by atoms with Crippen molar-refractivity contribution in [3.63, 3.8) is 0 Å². The number of para-hydroxylation sites is 1. The number of allylic oxidation sites excluding steroid dienone is 1. The maximum Gasteiger partial charge on any atom is 0.272 e. The summed E-state index contributed by atoms with van der Waals surface area (Å²) in [6.45, 7) is 7.53. The molecule has 3 amide bonds. The lowest BCUT2D eigenvalue weighted by Gasteiger charge is -2.20. The SMILES string of the molecule is [B]C(O)(O)NC(=O)/C(N)=C(/C=C(\N)NC(=O)C1CC1)Nc1cccc(-c2ncc(C(=O)NCCCN(CC)CC)s2)c1OC. The number of benzene rings is 1. The van der Waals surface area contributed by atoms with Crippen LogP contribution in [0.15, 0.2) is 47.7 Å². The average Bonchev–Trinajstić information content (AvgIpc) is 3.71. The fourth-order valence-corrected chi connectivity index (χ4v) is 4.98. The van der Waals surface area contributed by atoms with Crippen molar-refractivity contribution in [3.05, 3.63) is 52.6 Å². The van der Waals surface area contributed by atoms with E-state index in [2.05, 4.69) is 39.7 Å². The highest BCUT2D eigenvalue weighted by Crippen LogP contribution is 2.39. The van der Waals surface area contributed by atoms with Crippen LogP contribution >= 0.6 is 11.3 Å². The molecule has 16 heteroatoms. The zero-order valence-electron chi connectivity index (χ0n) is 25.0. The molecule has 2 aromatic rings. The van der Waals surface area contributed by atoms with Crippen LogP contribution in [0.4, 0.5) is 5.69 Å². The van der Waals surface area contributed by atoms with Crippen LogP contribution in [0.5, 0.6) is 5.75 Å². The van der Waals surface area contributed by atoms with Crippen molar-refractivity contribution in [1.29, 1.82) is 0 Å². The molecule has 44 heavy (non-hydrogen) atoms. The first-order valence-corrected chi connectivity index (χ1v) is 14.9. The summed E-state index contributed by atoms with van der Waals surface area (Å²) in [5.74, 6) is -4.65. The molecular formula is C28H39BN8O6S. The van der Waals surface area contributed by atoms with Crippen molar-refractivity contribution in [1.82, 2.24) is 25.8 Å². The number of anilines is 1. The molecule has 10 N–H and O–H groups in total. The van der Waals surface area contributed by atoms with Gasteiger partial charge in [0.25, 0.3) is 11.8 Å². The predicted octanol–water partition coefficient (Wildman–Crippen LogP) is 0.0695. The third-order valence-electron chi connectivity index (χ3n) is 6.63. The summed E-state index contributed by atoms with van der Waals surface area (Å²) in [6, 6.07) is 5.06. The zero-order valence-corrected chi connectivity index (χ0v) is 25.8. The molecule has 0 unspecified atom stereocenters. The number of carbonyl (C=O) groups is 3. The minimum Gasteiger partial charge on any atom is -0.494 e. The minimum atomic E-state index is -3.04. The number of thiazole rings is 1. The van der Waals surface area contributed by atoms with Crippen molar-refractivity contribution >= 4 is 42.6 Å². The smallest absolute Gasteiger partial charge is 0.272 e. The summed E-state index contributed by atoms with van der Waals surface area (Å²) in [6.07, 6.45) is 5.01. The molecule has 1 fully saturated rings. The van der Waals surface area contributed by atoms with Gasteiger partial charge in [0.1, 0.15) is 21.4 Å². The van der Waals surface area contributed by atoms with E-state index in [1.54, 1.807) is 23.5 Å². The summed E-state index contributed by atoms with van der Waals surface area (Å²) in [5.41, 5.74) is 12.3. The monoisotopic (exact) mass is 626 g/mol. The Bertz CT molecular complexity index is 1400. The normalized spacial score (nSPS) is 14.1. The molecule has 1 aromatic carbocycles. The number of hydrogen-bond acceptors (Lipinski definition) is 12. The Hall–Kier alpha value is -4.12. The van der Waals surface area contributed by atoms with E-state index in [-0.39, 0.29) is 29.3 Å². The molecule has 1 aliphatic carbocycles. The van der Waals surface area contributed by atoms with E-state index in [0.717, 1.165) is 38.9 Å². The highest BCUT2D eigenvalue weighted by molar-refractivity contribution is 7.17. The summed E-state index contributed by atoms with van der Waals surface area (Å²) < 4.78 is 5.67. The second-order valence-corrected chi connectivity index (χ2v) is 11.1. The van der Waals surface area contributed by atoms with E-state index >= 15 is 0 Å². The fourth-order valence-electron chi connectivity index (χ4n) is 4.12. The van der Waals surface area contributed by atoms with Crippen LogP contribution in [0.1, 0.15) is 42.8 Å². The Morgan fingerprint density at radius 3 is 2.55 bits per heavy atom. The van der Waals surface area contributed by atoms with E-state index in [4.69, 9.17) is 24.1 Å². The van der Waals surface area contributed by atoms with E-state index in [9.17, 15) is 24.6 Å². The Labute approximate surface area is 261 Å². The topological polar surface area (TPSA) is 217 Å². The van der Waals surface area contributed by atoms with Crippen LogP contribution in [0, 0.1) is 5.92 Å². The average molecular weight is 627 g/mol. The Morgan fingerprint density at radius 2 is 1.93 bits per heavy atom. The summed E-state index contributed by atoms with van der Waals surface area (Å²) in [5, 5.41) is 29.5. The first-order chi connectivity index (χ1) is 20.9. The summed E-state index contributed by atoms with van der Waals surface area (Å²) >= 11 is 1.18. The van der Waals surface area contributed by atoms with Gasteiger partial charge in [-0.15, -0.1) is 11.3 Å². The van der Waals surface area contributed by atoms with Crippen molar-refractivity contribution in [2.45, 2.75) is 38.9 Å². The lowest BCUT2D eigenvalue weighted by Crippen LogP contribution is -2.50. The van der Waals surface area contributed by atoms with Gasteiger partial charge in [-0.3, -0.25) is 14.4 Å². The van der Waals surface area contributed by atoms with Crippen LogP contribution < -0.4 is 37.5 Å². The van der Waals surface area contributed by atoms with Crippen molar-refractivity contribution in [3.8, 4) is 16.3 Å². The molecule has 0 saturated heterocycles. The Balaban J connectivity index is 1.86. The van der Waals surface area contributed by atoms with Gasteiger partial charge in [0.2, 0.25) is 5.91 Å². The maximum atomic E-state index is 12.8. The fraction of sp³-hybridized carbons (Fsp3) is 0.429. The largest absolute Gasteiger partial charge is 0.494 e. The number of hydrogen-bond donors (Lipinski definition) is 8. The molecular weight excluding hydrogens is 587 g/mol. The maximum absolute atomic E-state index is 12.8. The molecule has 1 heterocycles. The Kier molecular flexibility index (Phi) is 12.2. The van der Waals surface area contributed by atoms with E-state index in [0.29, 0.717) is 33.4 Å².